The molecule has 0 fully saturated rings. The Hall–Kier alpha value is -3.10. The summed E-state index contributed by atoms with van der Waals surface area (Å²) >= 11 is 0. The molecule has 158 valence electrons. The van der Waals surface area contributed by atoms with Gasteiger partial charge in [0.1, 0.15) is 0 Å². The van der Waals surface area contributed by atoms with E-state index in [1.807, 2.05) is 62.9 Å². The Kier molecular flexibility index (Phi) is 7.64. The highest BCUT2D eigenvalue weighted by atomic mass is 16.5. The van der Waals surface area contributed by atoms with Crippen molar-refractivity contribution in [2.24, 2.45) is 0 Å². The Balaban J connectivity index is 1.51. The minimum Gasteiger partial charge on any atom is -0.481 e. The fourth-order valence-electron chi connectivity index (χ4n) is 3.08. The van der Waals surface area contributed by atoms with Crippen LogP contribution in [0.25, 0.3) is 0 Å². The van der Waals surface area contributed by atoms with Gasteiger partial charge < -0.3 is 9.47 Å². The SMILES string of the molecule is COc1cccc(CN(C)Cc2cnc(CN(C)Cc3cccc(OC)n3)cn2)n1. The number of nitrogens with zero attached hydrogens (tertiary/aromatic N) is 6. The monoisotopic (exact) mass is 408 g/mol. The highest BCUT2D eigenvalue weighted by Crippen LogP contribution is 2.11. The topological polar surface area (TPSA) is 76.5 Å². The molecule has 3 rings (SSSR count). The van der Waals surface area contributed by atoms with E-state index >= 15 is 0 Å². The summed E-state index contributed by atoms with van der Waals surface area (Å²) in [5.41, 5.74) is 3.74. The zero-order valence-corrected chi connectivity index (χ0v) is 17.9. The zero-order chi connectivity index (χ0) is 21.3. The van der Waals surface area contributed by atoms with E-state index in [9.17, 15) is 0 Å². The van der Waals surface area contributed by atoms with Crippen molar-refractivity contribution in [2.45, 2.75) is 26.2 Å². The molecule has 0 unspecified atom stereocenters. The quantitative estimate of drug-likeness (QED) is 0.507. The number of methoxy groups -OCH3 is 2. The van der Waals surface area contributed by atoms with Crippen LogP contribution in [0.4, 0.5) is 0 Å². The van der Waals surface area contributed by atoms with Gasteiger partial charge in [-0.1, -0.05) is 12.1 Å². The number of hydrogen-bond donors (Lipinski definition) is 0. The first-order valence-electron chi connectivity index (χ1n) is 9.72. The third-order valence-corrected chi connectivity index (χ3v) is 4.47. The number of ether oxygens (including phenoxy) is 2. The summed E-state index contributed by atoms with van der Waals surface area (Å²) < 4.78 is 10.4. The van der Waals surface area contributed by atoms with Crippen molar-refractivity contribution < 1.29 is 9.47 Å². The van der Waals surface area contributed by atoms with Crippen molar-refractivity contribution in [3.8, 4) is 11.8 Å². The van der Waals surface area contributed by atoms with E-state index in [1.54, 1.807) is 14.2 Å². The van der Waals surface area contributed by atoms with Crippen LogP contribution in [0.3, 0.4) is 0 Å². The largest absolute Gasteiger partial charge is 0.481 e. The third kappa shape index (κ3) is 6.47. The summed E-state index contributed by atoms with van der Waals surface area (Å²) in [6.07, 6.45) is 3.67. The first kappa shape index (κ1) is 21.6. The second kappa shape index (κ2) is 10.6. The van der Waals surface area contributed by atoms with Crippen LogP contribution in [0.1, 0.15) is 22.8 Å². The van der Waals surface area contributed by atoms with Crippen molar-refractivity contribution in [1.82, 2.24) is 29.7 Å². The molecule has 0 aromatic carbocycles. The summed E-state index contributed by atoms with van der Waals surface area (Å²) in [4.78, 5) is 22.3. The summed E-state index contributed by atoms with van der Waals surface area (Å²) in [7, 11) is 7.31. The maximum absolute atomic E-state index is 5.18. The molecule has 3 heterocycles. The van der Waals surface area contributed by atoms with E-state index in [0.717, 1.165) is 22.8 Å². The van der Waals surface area contributed by atoms with Crippen molar-refractivity contribution >= 4 is 0 Å². The second-order valence-electron chi connectivity index (χ2n) is 7.19. The van der Waals surface area contributed by atoms with E-state index in [0.29, 0.717) is 37.9 Å². The first-order valence-corrected chi connectivity index (χ1v) is 9.72. The van der Waals surface area contributed by atoms with E-state index in [-0.39, 0.29) is 0 Å². The van der Waals surface area contributed by atoms with Crippen LogP contribution in [0.15, 0.2) is 48.8 Å². The predicted octanol–water partition coefficient (Wildman–Crippen LogP) is 2.55. The fraction of sp³-hybridized carbons (Fsp3) is 0.364. The van der Waals surface area contributed by atoms with Gasteiger partial charge in [0.2, 0.25) is 11.8 Å². The molecular formula is C22H28N6O2. The smallest absolute Gasteiger partial charge is 0.213 e. The first-order chi connectivity index (χ1) is 14.6. The molecule has 0 saturated carbocycles. The van der Waals surface area contributed by atoms with Crippen molar-refractivity contribution in [3.05, 3.63) is 71.6 Å². The average molecular weight is 409 g/mol. The minimum atomic E-state index is 0.623. The molecule has 0 atom stereocenters. The zero-order valence-electron chi connectivity index (χ0n) is 17.9. The standard InChI is InChI=1S/C22H28N6O2/c1-27(13-17-7-5-9-21(25-17)29-3)15-19-11-24-20(12-23-19)16-28(2)14-18-8-6-10-22(26-18)30-4/h5-12H,13-16H2,1-4H3. The molecule has 0 amide bonds. The lowest BCUT2D eigenvalue weighted by molar-refractivity contribution is 0.302. The molecule has 8 nitrogen and oxygen atoms in total. The molecule has 0 N–H and O–H groups in total. The number of rotatable bonds is 10. The van der Waals surface area contributed by atoms with Gasteiger partial charge in [-0.2, -0.15) is 0 Å². The van der Waals surface area contributed by atoms with Gasteiger partial charge in [-0.15, -0.1) is 0 Å². The van der Waals surface area contributed by atoms with Crippen LogP contribution in [0, 0.1) is 0 Å². The van der Waals surface area contributed by atoms with Gasteiger partial charge in [-0.25, -0.2) is 9.97 Å². The molecule has 8 heteroatoms. The van der Waals surface area contributed by atoms with Crippen LogP contribution >= 0.6 is 0 Å². The third-order valence-electron chi connectivity index (χ3n) is 4.47. The van der Waals surface area contributed by atoms with Crippen molar-refractivity contribution in [2.75, 3.05) is 28.3 Å². The summed E-state index contributed by atoms with van der Waals surface area (Å²) in [6.45, 7) is 2.79. The van der Waals surface area contributed by atoms with Gasteiger partial charge in [-0.05, 0) is 26.2 Å². The molecule has 0 aliphatic heterocycles. The molecule has 0 aliphatic carbocycles. The van der Waals surface area contributed by atoms with Crippen molar-refractivity contribution in [3.63, 3.8) is 0 Å². The van der Waals surface area contributed by atoms with Crippen molar-refractivity contribution in [1.29, 1.82) is 0 Å². The normalized spacial score (nSPS) is 11.1. The van der Waals surface area contributed by atoms with Gasteiger partial charge in [0.05, 0.1) is 49.4 Å². The van der Waals surface area contributed by atoms with E-state index in [1.165, 1.54) is 0 Å². The Morgan fingerprint density at radius 1 is 0.633 bits per heavy atom. The lowest BCUT2D eigenvalue weighted by Gasteiger charge is -2.17. The Labute approximate surface area is 177 Å². The van der Waals surface area contributed by atoms with Gasteiger partial charge in [0.15, 0.2) is 0 Å². The maximum atomic E-state index is 5.18. The molecule has 3 aromatic rings. The molecule has 3 aromatic heterocycles. The van der Waals surface area contributed by atoms with Crippen LogP contribution in [0.5, 0.6) is 11.8 Å². The van der Waals surface area contributed by atoms with Gasteiger partial charge in [0, 0.05) is 38.3 Å². The lowest BCUT2D eigenvalue weighted by atomic mass is 10.3. The molecule has 0 aliphatic rings. The molecule has 0 radical (unpaired) electrons. The van der Waals surface area contributed by atoms with E-state index in [2.05, 4.69) is 29.7 Å². The average Bonchev–Trinajstić information content (AvgIpc) is 2.75. The molecule has 0 bridgehead atoms. The van der Waals surface area contributed by atoms with E-state index in [4.69, 9.17) is 9.47 Å². The predicted molar refractivity (Wildman–Crippen MR) is 114 cm³/mol. The fourth-order valence-corrected chi connectivity index (χ4v) is 3.08. The molecule has 0 spiro atoms. The van der Waals surface area contributed by atoms with Gasteiger partial charge >= 0.3 is 0 Å². The van der Waals surface area contributed by atoms with E-state index < -0.39 is 0 Å². The summed E-state index contributed by atoms with van der Waals surface area (Å²) in [5, 5.41) is 0. The highest BCUT2D eigenvalue weighted by molar-refractivity contribution is 5.16. The number of aromatic nitrogens is 4. The minimum absolute atomic E-state index is 0.623. The Morgan fingerprint density at radius 3 is 1.40 bits per heavy atom. The Bertz CT molecular complexity index is 858. The number of hydrogen-bond acceptors (Lipinski definition) is 8. The molecule has 0 saturated heterocycles. The molecular weight excluding hydrogens is 380 g/mol. The molecule has 30 heavy (non-hydrogen) atoms. The second-order valence-corrected chi connectivity index (χ2v) is 7.19. The highest BCUT2D eigenvalue weighted by Gasteiger charge is 2.08. The van der Waals surface area contributed by atoms with Crippen LogP contribution in [0.2, 0.25) is 0 Å². The summed E-state index contributed by atoms with van der Waals surface area (Å²) in [5.74, 6) is 1.25. The van der Waals surface area contributed by atoms with Crippen LogP contribution < -0.4 is 9.47 Å². The van der Waals surface area contributed by atoms with Gasteiger partial charge in [-0.3, -0.25) is 19.8 Å². The Morgan fingerprint density at radius 2 is 1.03 bits per heavy atom. The van der Waals surface area contributed by atoms with Crippen LogP contribution in [-0.4, -0.2) is 58.1 Å². The van der Waals surface area contributed by atoms with Gasteiger partial charge in [0.25, 0.3) is 0 Å². The summed E-state index contributed by atoms with van der Waals surface area (Å²) in [6, 6.07) is 11.5. The number of pyridine rings is 2. The van der Waals surface area contributed by atoms with Crippen LogP contribution in [-0.2, 0) is 26.2 Å². The maximum Gasteiger partial charge on any atom is 0.213 e. The lowest BCUT2D eigenvalue weighted by Crippen LogP contribution is -2.20.